The number of nitrogens with one attached hydrogen (secondary N) is 1. The third-order valence-electron chi connectivity index (χ3n) is 3.38. The lowest BCUT2D eigenvalue weighted by Gasteiger charge is -2.54. The van der Waals surface area contributed by atoms with Crippen molar-refractivity contribution in [3.8, 4) is 0 Å². The standard InChI is InChI=1S/C10H14N4/c1-7-2-8-4-10(3-7,14-8)9-12-5-11-6-13-9/h5-8,14H,2-4H2,1H3. The van der Waals surface area contributed by atoms with Gasteiger partial charge in [-0.1, -0.05) is 6.92 Å². The molecule has 3 fully saturated rings. The van der Waals surface area contributed by atoms with Crippen LogP contribution in [0, 0.1) is 5.92 Å². The molecule has 1 aromatic rings. The Labute approximate surface area is 83.2 Å². The number of aromatic nitrogens is 3. The fraction of sp³-hybridized carbons (Fsp3) is 0.700. The Balaban J connectivity index is 1.92. The Morgan fingerprint density at radius 2 is 2.07 bits per heavy atom. The molecule has 3 atom stereocenters. The second-order valence-corrected chi connectivity index (χ2v) is 4.63. The lowest BCUT2D eigenvalue weighted by atomic mass is 9.66. The summed E-state index contributed by atoms with van der Waals surface area (Å²) in [5.41, 5.74) is 0.0747. The summed E-state index contributed by atoms with van der Waals surface area (Å²) in [6.45, 7) is 2.31. The van der Waals surface area contributed by atoms with Gasteiger partial charge in [-0.2, -0.15) is 0 Å². The van der Waals surface area contributed by atoms with Gasteiger partial charge in [0.25, 0.3) is 0 Å². The molecule has 2 aliphatic heterocycles. The van der Waals surface area contributed by atoms with Crippen molar-refractivity contribution < 1.29 is 0 Å². The number of fused-ring (bicyclic) bond motifs is 2. The van der Waals surface area contributed by atoms with Gasteiger partial charge >= 0.3 is 0 Å². The first-order valence-corrected chi connectivity index (χ1v) is 5.19. The topological polar surface area (TPSA) is 50.7 Å². The Hall–Kier alpha value is -1.03. The van der Waals surface area contributed by atoms with Crippen molar-refractivity contribution in [3.05, 3.63) is 18.5 Å². The summed E-state index contributed by atoms with van der Waals surface area (Å²) in [7, 11) is 0. The third-order valence-corrected chi connectivity index (χ3v) is 3.38. The quantitative estimate of drug-likeness (QED) is 0.713. The fourth-order valence-electron chi connectivity index (χ4n) is 2.97. The first-order chi connectivity index (χ1) is 6.78. The van der Waals surface area contributed by atoms with Crippen LogP contribution in [-0.4, -0.2) is 21.0 Å². The van der Waals surface area contributed by atoms with Gasteiger partial charge in [0.1, 0.15) is 12.7 Å². The van der Waals surface area contributed by atoms with Crippen LogP contribution in [0.1, 0.15) is 32.0 Å². The highest BCUT2D eigenvalue weighted by Crippen LogP contribution is 2.46. The molecule has 4 heteroatoms. The second kappa shape index (κ2) is 2.73. The molecule has 0 amide bonds. The largest absolute Gasteiger partial charge is 0.302 e. The van der Waals surface area contributed by atoms with Crippen LogP contribution in [0.3, 0.4) is 0 Å². The molecule has 1 saturated carbocycles. The molecular weight excluding hydrogens is 176 g/mol. The average Bonchev–Trinajstić information content (AvgIpc) is 2.17. The molecule has 0 aromatic carbocycles. The molecule has 4 nitrogen and oxygen atoms in total. The molecule has 0 spiro atoms. The molecule has 1 aliphatic carbocycles. The van der Waals surface area contributed by atoms with Crippen LogP contribution in [0.4, 0.5) is 0 Å². The number of hydrogen-bond acceptors (Lipinski definition) is 4. The highest BCUT2D eigenvalue weighted by Gasteiger charge is 2.51. The van der Waals surface area contributed by atoms with E-state index in [4.69, 9.17) is 0 Å². The Kier molecular flexibility index (Phi) is 1.62. The van der Waals surface area contributed by atoms with Gasteiger partial charge in [0.2, 0.25) is 0 Å². The molecule has 1 N–H and O–H groups in total. The summed E-state index contributed by atoms with van der Waals surface area (Å²) in [6, 6.07) is 0.690. The SMILES string of the molecule is CC1CC2CC(c3ncncn3)(C1)N2. The van der Waals surface area contributed by atoms with Gasteiger partial charge in [0.05, 0.1) is 5.54 Å². The monoisotopic (exact) mass is 190 g/mol. The zero-order valence-corrected chi connectivity index (χ0v) is 8.27. The zero-order valence-electron chi connectivity index (χ0n) is 8.27. The molecule has 3 aliphatic rings. The van der Waals surface area contributed by atoms with Crippen molar-refractivity contribution >= 4 is 0 Å². The smallest absolute Gasteiger partial charge is 0.152 e. The van der Waals surface area contributed by atoms with Crippen molar-refractivity contribution in [1.82, 2.24) is 20.3 Å². The molecule has 2 bridgehead atoms. The van der Waals surface area contributed by atoms with Gasteiger partial charge in [-0.05, 0) is 25.2 Å². The third kappa shape index (κ3) is 1.07. The summed E-state index contributed by atoms with van der Waals surface area (Å²) in [4.78, 5) is 12.4. The van der Waals surface area contributed by atoms with Crippen LogP contribution in [0.25, 0.3) is 0 Å². The van der Waals surface area contributed by atoms with Gasteiger partial charge in [-0.3, -0.25) is 0 Å². The van der Waals surface area contributed by atoms with Crippen molar-refractivity contribution in [1.29, 1.82) is 0 Å². The molecule has 14 heavy (non-hydrogen) atoms. The minimum atomic E-state index is 0.0747. The van der Waals surface area contributed by atoms with Crippen LogP contribution >= 0.6 is 0 Å². The Morgan fingerprint density at radius 1 is 1.36 bits per heavy atom. The lowest BCUT2D eigenvalue weighted by molar-refractivity contribution is 0.0280. The highest BCUT2D eigenvalue weighted by atomic mass is 15.2. The summed E-state index contributed by atoms with van der Waals surface area (Å²) < 4.78 is 0. The first-order valence-electron chi connectivity index (χ1n) is 5.19. The molecule has 0 radical (unpaired) electrons. The van der Waals surface area contributed by atoms with Crippen molar-refractivity contribution in [2.24, 2.45) is 5.92 Å². The predicted molar refractivity (Wildman–Crippen MR) is 51.4 cm³/mol. The summed E-state index contributed by atoms with van der Waals surface area (Å²) in [5.74, 6) is 1.71. The lowest BCUT2D eigenvalue weighted by Crippen LogP contribution is -2.66. The molecule has 1 aromatic heterocycles. The molecule has 3 unspecified atom stereocenters. The van der Waals surface area contributed by atoms with Gasteiger partial charge in [0, 0.05) is 6.04 Å². The van der Waals surface area contributed by atoms with E-state index in [1.807, 2.05) is 0 Å². The summed E-state index contributed by atoms with van der Waals surface area (Å²) >= 11 is 0. The maximum atomic E-state index is 4.26. The minimum absolute atomic E-state index is 0.0747. The molecule has 4 rings (SSSR count). The minimum Gasteiger partial charge on any atom is -0.302 e. The van der Waals surface area contributed by atoms with E-state index in [1.54, 1.807) is 12.7 Å². The van der Waals surface area contributed by atoms with Crippen LogP contribution in [0.2, 0.25) is 0 Å². The molecule has 3 heterocycles. The normalized spacial score (nSPS) is 40.4. The van der Waals surface area contributed by atoms with E-state index < -0.39 is 0 Å². The maximum absolute atomic E-state index is 4.26. The second-order valence-electron chi connectivity index (χ2n) is 4.63. The predicted octanol–water partition coefficient (Wildman–Crippen LogP) is 0.859. The van der Waals surface area contributed by atoms with E-state index >= 15 is 0 Å². The van der Waals surface area contributed by atoms with Crippen LogP contribution in [0.5, 0.6) is 0 Å². The average molecular weight is 190 g/mol. The van der Waals surface area contributed by atoms with Crippen LogP contribution in [0.15, 0.2) is 12.7 Å². The fourth-order valence-corrected chi connectivity index (χ4v) is 2.97. The summed E-state index contributed by atoms with van der Waals surface area (Å²) in [6.07, 6.45) is 6.83. The number of piperidine rings is 1. The van der Waals surface area contributed by atoms with Gasteiger partial charge in [-0.25, -0.2) is 15.0 Å². The molecule has 2 saturated heterocycles. The number of nitrogens with zero attached hydrogens (tertiary/aromatic N) is 3. The van der Waals surface area contributed by atoms with E-state index in [9.17, 15) is 0 Å². The maximum Gasteiger partial charge on any atom is 0.152 e. The van der Waals surface area contributed by atoms with Crippen LogP contribution in [-0.2, 0) is 5.54 Å². The Morgan fingerprint density at radius 3 is 2.71 bits per heavy atom. The van der Waals surface area contributed by atoms with E-state index in [0.717, 1.165) is 18.2 Å². The van der Waals surface area contributed by atoms with Gasteiger partial charge in [0.15, 0.2) is 5.82 Å². The van der Waals surface area contributed by atoms with Gasteiger partial charge < -0.3 is 5.32 Å². The van der Waals surface area contributed by atoms with Crippen LogP contribution < -0.4 is 5.32 Å². The van der Waals surface area contributed by atoms with E-state index in [0.29, 0.717) is 6.04 Å². The van der Waals surface area contributed by atoms with Crippen molar-refractivity contribution in [2.45, 2.75) is 37.8 Å². The van der Waals surface area contributed by atoms with Crippen molar-refractivity contribution in [3.63, 3.8) is 0 Å². The van der Waals surface area contributed by atoms with Crippen molar-refractivity contribution in [2.75, 3.05) is 0 Å². The zero-order chi connectivity index (χ0) is 9.60. The van der Waals surface area contributed by atoms with E-state index in [2.05, 4.69) is 27.2 Å². The van der Waals surface area contributed by atoms with E-state index in [-0.39, 0.29) is 5.54 Å². The van der Waals surface area contributed by atoms with E-state index in [1.165, 1.54) is 12.8 Å². The number of rotatable bonds is 1. The first kappa shape index (κ1) is 8.29. The summed E-state index contributed by atoms with van der Waals surface area (Å²) in [5, 5.41) is 3.59. The highest BCUT2D eigenvalue weighted by molar-refractivity contribution is 5.17. The molecule has 74 valence electrons. The van der Waals surface area contributed by atoms with Gasteiger partial charge in [-0.15, -0.1) is 0 Å². The number of hydrogen-bond donors (Lipinski definition) is 1. The Bertz CT molecular complexity index is 331. The molecular formula is C10H14N4.